The van der Waals surface area contributed by atoms with Gasteiger partial charge < -0.3 is 19.5 Å². The summed E-state index contributed by atoms with van der Waals surface area (Å²) in [4.78, 5) is 55.6. The molecule has 0 bridgehead atoms. The van der Waals surface area contributed by atoms with Gasteiger partial charge >= 0.3 is 11.8 Å². The molecule has 1 aliphatic rings. The molecule has 4 aromatic rings. The van der Waals surface area contributed by atoms with Gasteiger partial charge in [-0.25, -0.2) is 19.6 Å². The van der Waals surface area contributed by atoms with Gasteiger partial charge in [-0.15, -0.1) is 0 Å². The number of anilines is 1. The van der Waals surface area contributed by atoms with Crippen molar-refractivity contribution >= 4 is 34.1 Å². The van der Waals surface area contributed by atoms with Gasteiger partial charge in [0.1, 0.15) is 11.4 Å². The number of carbonyl (C=O) groups excluding carboxylic acids is 1. The Morgan fingerprint density at radius 2 is 1.95 bits per heavy atom. The Balaban J connectivity index is 1.53. The lowest BCUT2D eigenvalue weighted by atomic mass is 10.1. The molecule has 1 aliphatic heterocycles. The molecule has 1 fully saturated rings. The second-order valence-electron chi connectivity index (χ2n) is 11.3. The average Bonchev–Trinajstić information content (AvgIpc) is 3.32. The molecule has 1 N–H and O–H groups in total. The summed E-state index contributed by atoms with van der Waals surface area (Å²) < 4.78 is 9.84. The zero-order valence-corrected chi connectivity index (χ0v) is 24.1. The van der Waals surface area contributed by atoms with Crippen LogP contribution in [0.1, 0.15) is 46.4 Å². The molecule has 41 heavy (non-hydrogen) atoms. The van der Waals surface area contributed by atoms with Gasteiger partial charge in [0.2, 0.25) is 5.95 Å². The number of piperidine rings is 1. The molecule has 216 valence electrons. The van der Waals surface area contributed by atoms with Crippen LogP contribution in [0.15, 0.2) is 52.2 Å². The minimum Gasteiger partial charge on any atom is -0.444 e. The molecular weight excluding hydrogens is 524 g/mol. The predicted molar refractivity (Wildman–Crippen MR) is 157 cm³/mol. The maximum Gasteiger partial charge on any atom is 0.407 e. The Hall–Kier alpha value is -4.48. The van der Waals surface area contributed by atoms with Crippen LogP contribution in [0.2, 0.25) is 0 Å². The van der Waals surface area contributed by atoms with Crippen LogP contribution in [0, 0.1) is 0 Å². The van der Waals surface area contributed by atoms with Crippen LogP contribution in [0.4, 0.5) is 10.7 Å². The van der Waals surface area contributed by atoms with E-state index in [-0.39, 0.29) is 12.6 Å². The molecule has 4 heterocycles. The maximum atomic E-state index is 13.9. The molecule has 12 heteroatoms. The number of carbonyl (C=O) groups is 1. The zero-order chi connectivity index (χ0) is 29.3. The van der Waals surface area contributed by atoms with Crippen molar-refractivity contribution < 1.29 is 9.53 Å². The minimum atomic E-state index is -0.596. The lowest BCUT2D eigenvalue weighted by molar-refractivity contribution is 0.0499. The topological polar surface area (TPSA) is 129 Å². The smallest absolute Gasteiger partial charge is 0.407 e. The Labute approximate surface area is 237 Å². The number of para-hydroxylation sites is 1. The highest BCUT2D eigenvalue weighted by Gasteiger charge is 2.29. The summed E-state index contributed by atoms with van der Waals surface area (Å²) in [6.45, 7) is 8.90. The van der Waals surface area contributed by atoms with E-state index in [1.165, 1.54) is 4.57 Å². The van der Waals surface area contributed by atoms with Gasteiger partial charge in [-0.1, -0.05) is 30.4 Å². The van der Waals surface area contributed by atoms with E-state index in [1.807, 2.05) is 68.7 Å². The number of allylic oxidation sites excluding steroid dienone is 2. The standard InChI is InChI=1S/C29H36N8O4/c1-6-7-15-36-23-24(33-26(36)35-14-10-12-20(17-35)31-27(39)41-29(2,3)4)34(5)28(40)37(25(23)38)18-22-30-16-19-11-8-9-13-21(19)32-22/h6-9,11,13,16,20H,10,12,14-15,17-18H2,1-5H3,(H,31,39)/b7-6+/t20-/m1/s1. The molecule has 1 saturated heterocycles. The summed E-state index contributed by atoms with van der Waals surface area (Å²) in [6.07, 6.45) is 6.68. The van der Waals surface area contributed by atoms with Gasteiger partial charge in [0.05, 0.1) is 12.1 Å². The van der Waals surface area contributed by atoms with Crippen LogP contribution in [0.25, 0.3) is 22.1 Å². The second-order valence-corrected chi connectivity index (χ2v) is 11.3. The van der Waals surface area contributed by atoms with E-state index < -0.39 is 22.9 Å². The van der Waals surface area contributed by atoms with Crippen molar-refractivity contribution in [3.63, 3.8) is 0 Å². The number of imidazole rings is 1. The quantitative estimate of drug-likeness (QED) is 0.357. The Morgan fingerprint density at radius 3 is 2.71 bits per heavy atom. The number of aromatic nitrogens is 6. The summed E-state index contributed by atoms with van der Waals surface area (Å²) in [7, 11) is 1.61. The first kappa shape index (κ1) is 28.1. The highest BCUT2D eigenvalue weighted by molar-refractivity contribution is 5.77. The fourth-order valence-electron chi connectivity index (χ4n) is 5.10. The summed E-state index contributed by atoms with van der Waals surface area (Å²) in [5, 5.41) is 3.84. The van der Waals surface area contributed by atoms with E-state index in [1.54, 1.807) is 13.2 Å². The summed E-state index contributed by atoms with van der Waals surface area (Å²) in [5.74, 6) is 0.940. The van der Waals surface area contributed by atoms with E-state index in [2.05, 4.69) is 20.2 Å². The second kappa shape index (κ2) is 11.2. The average molecular weight is 561 g/mol. The fraction of sp³-hybridized carbons (Fsp3) is 0.448. The molecule has 1 atom stereocenters. The van der Waals surface area contributed by atoms with Gasteiger partial charge in [0.25, 0.3) is 5.56 Å². The highest BCUT2D eigenvalue weighted by atomic mass is 16.6. The fourth-order valence-corrected chi connectivity index (χ4v) is 5.10. The Kier molecular flexibility index (Phi) is 7.65. The van der Waals surface area contributed by atoms with Crippen LogP contribution >= 0.6 is 0 Å². The van der Waals surface area contributed by atoms with Crippen LogP contribution in [-0.2, 0) is 24.9 Å². The van der Waals surface area contributed by atoms with Gasteiger partial charge in [-0.3, -0.25) is 13.9 Å². The molecule has 5 rings (SSSR count). The number of hydrogen-bond acceptors (Lipinski definition) is 8. The summed E-state index contributed by atoms with van der Waals surface area (Å²) >= 11 is 0. The predicted octanol–water partition coefficient (Wildman–Crippen LogP) is 2.96. The molecule has 0 spiro atoms. The third-order valence-electron chi connectivity index (χ3n) is 7.00. The highest BCUT2D eigenvalue weighted by Crippen LogP contribution is 2.24. The van der Waals surface area contributed by atoms with Crippen LogP contribution in [0.5, 0.6) is 0 Å². The first-order chi connectivity index (χ1) is 19.6. The third-order valence-corrected chi connectivity index (χ3v) is 7.00. The number of amides is 1. The number of alkyl carbamates (subject to hydrolysis) is 1. The first-order valence-electron chi connectivity index (χ1n) is 13.8. The SMILES string of the molecule is C/C=C/Cn1c(N2CCC[C@@H](NC(=O)OC(C)(C)C)C2)nc2c1c(=O)n(Cc1ncc3ccccc3n1)c(=O)n2C. The van der Waals surface area contributed by atoms with Crippen molar-refractivity contribution in [2.75, 3.05) is 18.0 Å². The summed E-state index contributed by atoms with van der Waals surface area (Å²) in [5.41, 5.74) is -0.182. The van der Waals surface area contributed by atoms with E-state index in [0.29, 0.717) is 42.6 Å². The number of ether oxygens (including phenoxy) is 1. The lowest BCUT2D eigenvalue weighted by Gasteiger charge is -2.34. The Bertz CT molecular complexity index is 1740. The van der Waals surface area contributed by atoms with E-state index in [0.717, 1.165) is 28.3 Å². The molecule has 0 saturated carbocycles. The molecule has 1 aromatic carbocycles. The molecule has 0 aliphatic carbocycles. The van der Waals surface area contributed by atoms with E-state index >= 15 is 0 Å². The lowest BCUT2D eigenvalue weighted by Crippen LogP contribution is -2.49. The van der Waals surface area contributed by atoms with E-state index in [9.17, 15) is 14.4 Å². The van der Waals surface area contributed by atoms with Crippen LogP contribution in [-0.4, -0.2) is 59.5 Å². The Morgan fingerprint density at radius 1 is 1.17 bits per heavy atom. The molecule has 12 nitrogen and oxygen atoms in total. The monoisotopic (exact) mass is 560 g/mol. The van der Waals surface area contributed by atoms with Crippen molar-refractivity contribution in [1.29, 1.82) is 0 Å². The largest absolute Gasteiger partial charge is 0.444 e. The van der Waals surface area contributed by atoms with Crippen molar-refractivity contribution in [2.24, 2.45) is 7.05 Å². The number of nitrogens with zero attached hydrogens (tertiary/aromatic N) is 7. The van der Waals surface area contributed by atoms with Gasteiger partial charge in [0, 0.05) is 44.3 Å². The normalized spacial score (nSPS) is 16.1. The van der Waals surface area contributed by atoms with Crippen molar-refractivity contribution in [3.8, 4) is 0 Å². The van der Waals surface area contributed by atoms with Gasteiger partial charge in [0.15, 0.2) is 11.2 Å². The number of hydrogen-bond donors (Lipinski definition) is 1. The van der Waals surface area contributed by atoms with E-state index in [4.69, 9.17) is 9.72 Å². The molecule has 1 amide bonds. The molecule has 3 aromatic heterocycles. The van der Waals surface area contributed by atoms with Crippen molar-refractivity contribution in [1.82, 2.24) is 34.0 Å². The first-order valence-corrected chi connectivity index (χ1v) is 13.8. The number of nitrogens with one attached hydrogen (secondary N) is 1. The number of fused-ring (bicyclic) bond motifs is 2. The van der Waals surface area contributed by atoms with Crippen molar-refractivity contribution in [3.05, 3.63) is 69.3 Å². The summed E-state index contributed by atoms with van der Waals surface area (Å²) in [6, 6.07) is 7.41. The third kappa shape index (κ3) is 5.86. The van der Waals surface area contributed by atoms with Crippen molar-refractivity contribution in [2.45, 2.75) is 65.3 Å². The van der Waals surface area contributed by atoms with Crippen LogP contribution in [0.3, 0.4) is 0 Å². The molecule has 0 radical (unpaired) electrons. The minimum absolute atomic E-state index is 0.0675. The zero-order valence-electron chi connectivity index (χ0n) is 24.1. The number of benzene rings is 1. The van der Waals surface area contributed by atoms with Crippen LogP contribution < -0.4 is 21.5 Å². The molecular formula is C29H36N8O4. The number of rotatable bonds is 6. The van der Waals surface area contributed by atoms with Gasteiger partial charge in [-0.2, -0.15) is 4.98 Å². The van der Waals surface area contributed by atoms with Gasteiger partial charge in [-0.05, 0) is 46.6 Å². The molecule has 0 unspecified atom stereocenters. The maximum absolute atomic E-state index is 13.9. The number of aryl methyl sites for hydroxylation is 1.